The first-order valence-electron chi connectivity index (χ1n) is 5.36. The number of aliphatic carboxylic acids is 1. The molecule has 94 valence electrons. The van der Waals surface area contributed by atoms with E-state index in [0.717, 1.165) is 10.8 Å². The van der Waals surface area contributed by atoms with Gasteiger partial charge in [-0.25, -0.2) is 9.78 Å². The van der Waals surface area contributed by atoms with Gasteiger partial charge in [0.15, 0.2) is 0 Å². The number of carbonyl (C=O) groups is 1. The molecule has 0 aliphatic carbocycles. The van der Waals surface area contributed by atoms with Crippen molar-refractivity contribution in [2.24, 2.45) is 0 Å². The number of benzene rings is 1. The molecular weight excluding hydrogens is 234 g/mol. The van der Waals surface area contributed by atoms with Gasteiger partial charge in [-0.05, 0) is 29.7 Å². The Kier molecular flexibility index (Phi) is 3.29. The van der Waals surface area contributed by atoms with Crippen molar-refractivity contribution < 1.29 is 15.0 Å². The van der Waals surface area contributed by atoms with Crippen LogP contribution in [0.2, 0.25) is 0 Å². The fourth-order valence-electron chi connectivity index (χ4n) is 1.66. The molecule has 1 aromatic heterocycles. The molecule has 1 unspecified atom stereocenters. The fourth-order valence-corrected chi connectivity index (χ4v) is 1.66. The van der Waals surface area contributed by atoms with Gasteiger partial charge in [-0.15, -0.1) is 0 Å². The van der Waals surface area contributed by atoms with Crippen LogP contribution in [0.3, 0.4) is 0 Å². The van der Waals surface area contributed by atoms with Gasteiger partial charge in [0.05, 0.1) is 6.61 Å². The van der Waals surface area contributed by atoms with Gasteiger partial charge >= 0.3 is 5.97 Å². The Balaban J connectivity index is 2.42. The number of aromatic nitrogens is 1. The lowest BCUT2D eigenvalue weighted by molar-refractivity contribution is -0.138. The molecule has 6 heteroatoms. The lowest BCUT2D eigenvalue weighted by Crippen LogP contribution is -2.33. The standard InChI is InChI=1S/C12H13N3O3/c13-8-1-2-9-7(5-8)3-4-14-11(9)15-10(6-16)12(17)18/h1-5,10,16H,6,13H2,(H,14,15)(H,17,18). The van der Waals surface area contributed by atoms with E-state index in [4.69, 9.17) is 15.9 Å². The summed E-state index contributed by atoms with van der Waals surface area (Å²) in [5.41, 5.74) is 6.30. The molecule has 2 rings (SSSR count). The number of carboxylic acid groups (broad SMARTS) is 1. The molecule has 1 aromatic carbocycles. The predicted molar refractivity (Wildman–Crippen MR) is 68.3 cm³/mol. The van der Waals surface area contributed by atoms with Crippen molar-refractivity contribution in [3.8, 4) is 0 Å². The maximum Gasteiger partial charge on any atom is 0.328 e. The fraction of sp³-hybridized carbons (Fsp3) is 0.167. The zero-order valence-electron chi connectivity index (χ0n) is 9.50. The summed E-state index contributed by atoms with van der Waals surface area (Å²) in [7, 11) is 0. The van der Waals surface area contributed by atoms with E-state index in [0.29, 0.717) is 11.5 Å². The Hall–Kier alpha value is -2.34. The van der Waals surface area contributed by atoms with Gasteiger partial charge < -0.3 is 21.3 Å². The summed E-state index contributed by atoms with van der Waals surface area (Å²) in [5, 5.41) is 22.2. The highest BCUT2D eigenvalue weighted by Gasteiger charge is 2.17. The number of pyridine rings is 1. The van der Waals surface area contributed by atoms with Crippen molar-refractivity contribution in [2.75, 3.05) is 17.7 Å². The number of nitrogens with one attached hydrogen (secondary N) is 1. The van der Waals surface area contributed by atoms with Crippen molar-refractivity contribution in [3.63, 3.8) is 0 Å². The monoisotopic (exact) mass is 247 g/mol. The summed E-state index contributed by atoms with van der Waals surface area (Å²) in [6.45, 7) is -0.512. The highest BCUT2D eigenvalue weighted by Crippen LogP contribution is 2.23. The van der Waals surface area contributed by atoms with Gasteiger partial charge in [-0.1, -0.05) is 0 Å². The highest BCUT2D eigenvalue weighted by molar-refractivity contribution is 5.94. The van der Waals surface area contributed by atoms with E-state index >= 15 is 0 Å². The number of fused-ring (bicyclic) bond motifs is 1. The summed E-state index contributed by atoms with van der Waals surface area (Å²) in [6.07, 6.45) is 1.56. The van der Waals surface area contributed by atoms with E-state index in [2.05, 4.69) is 10.3 Å². The van der Waals surface area contributed by atoms with Crippen molar-refractivity contribution in [2.45, 2.75) is 6.04 Å². The molecule has 0 bridgehead atoms. The first kappa shape index (κ1) is 12.1. The van der Waals surface area contributed by atoms with Gasteiger partial charge in [0.1, 0.15) is 11.9 Å². The zero-order chi connectivity index (χ0) is 13.1. The minimum absolute atomic E-state index is 0.411. The molecule has 2 aromatic rings. The number of aliphatic hydroxyl groups is 1. The molecule has 0 radical (unpaired) electrons. The molecule has 0 amide bonds. The Morgan fingerprint density at radius 3 is 2.89 bits per heavy atom. The van der Waals surface area contributed by atoms with Crippen molar-refractivity contribution in [3.05, 3.63) is 30.5 Å². The molecule has 0 spiro atoms. The molecule has 6 nitrogen and oxygen atoms in total. The van der Waals surface area contributed by atoms with Crippen molar-refractivity contribution >= 4 is 28.2 Å². The van der Waals surface area contributed by atoms with Crippen LogP contribution in [0.4, 0.5) is 11.5 Å². The minimum Gasteiger partial charge on any atom is -0.480 e. The summed E-state index contributed by atoms with van der Waals surface area (Å²) < 4.78 is 0. The van der Waals surface area contributed by atoms with Crippen LogP contribution in [0.15, 0.2) is 30.5 Å². The van der Waals surface area contributed by atoms with Gasteiger partial charge in [0.2, 0.25) is 0 Å². The maximum atomic E-state index is 10.9. The molecule has 0 fully saturated rings. The number of nitrogen functional groups attached to an aromatic ring is 1. The second kappa shape index (κ2) is 4.89. The van der Waals surface area contributed by atoms with Gasteiger partial charge in [-0.3, -0.25) is 0 Å². The first-order valence-corrected chi connectivity index (χ1v) is 5.36. The third kappa shape index (κ3) is 2.33. The molecule has 1 heterocycles. The molecule has 0 aliphatic heterocycles. The SMILES string of the molecule is Nc1ccc2c(NC(CO)C(=O)O)nccc2c1. The van der Waals surface area contributed by atoms with E-state index < -0.39 is 18.6 Å². The Morgan fingerprint density at radius 2 is 2.22 bits per heavy atom. The number of rotatable bonds is 4. The average molecular weight is 247 g/mol. The van der Waals surface area contributed by atoms with Crippen LogP contribution in [-0.4, -0.2) is 33.8 Å². The molecule has 18 heavy (non-hydrogen) atoms. The van der Waals surface area contributed by atoms with Crippen LogP contribution in [0, 0.1) is 0 Å². The second-order valence-corrected chi connectivity index (χ2v) is 3.86. The number of hydrogen-bond acceptors (Lipinski definition) is 5. The largest absolute Gasteiger partial charge is 0.480 e. The van der Waals surface area contributed by atoms with Crippen molar-refractivity contribution in [1.82, 2.24) is 4.98 Å². The van der Waals surface area contributed by atoms with Crippen LogP contribution < -0.4 is 11.1 Å². The Morgan fingerprint density at radius 1 is 1.44 bits per heavy atom. The predicted octanol–water partition coefficient (Wildman–Crippen LogP) is 0.674. The molecule has 0 aliphatic rings. The Labute approximate surface area is 103 Å². The normalized spacial score (nSPS) is 12.3. The summed E-state index contributed by atoms with van der Waals surface area (Å²) in [4.78, 5) is 14.9. The van der Waals surface area contributed by atoms with Gasteiger partial charge in [0.25, 0.3) is 0 Å². The molecule has 0 saturated heterocycles. The van der Waals surface area contributed by atoms with Crippen LogP contribution in [-0.2, 0) is 4.79 Å². The highest BCUT2D eigenvalue weighted by atomic mass is 16.4. The third-order valence-electron chi connectivity index (χ3n) is 2.58. The molecule has 5 N–H and O–H groups in total. The molecular formula is C12H13N3O3. The van der Waals surface area contributed by atoms with E-state index in [1.54, 1.807) is 30.5 Å². The van der Waals surface area contributed by atoms with E-state index in [1.165, 1.54) is 0 Å². The van der Waals surface area contributed by atoms with Gasteiger partial charge in [0, 0.05) is 17.3 Å². The van der Waals surface area contributed by atoms with Crippen LogP contribution in [0.5, 0.6) is 0 Å². The van der Waals surface area contributed by atoms with Gasteiger partial charge in [-0.2, -0.15) is 0 Å². The topological polar surface area (TPSA) is 108 Å². The zero-order valence-corrected chi connectivity index (χ0v) is 9.50. The third-order valence-corrected chi connectivity index (χ3v) is 2.58. The Bertz CT molecular complexity index is 586. The molecule has 0 saturated carbocycles. The smallest absolute Gasteiger partial charge is 0.328 e. The number of carboxylic acids is 1. The van der Waals surface area contributed by atoms with E-state index in [1.807, 2.05) is 0 Å². The number of anilines is 2. The van der Waals surface area contributed by atoms with Crippen LogP contribution in [0.1, 0.15) is 0 Å². The number of aliphatic hydroxyl groups excluding tert-OH is 1. The number of hydrogen-bond donors (Lipinski definition) is 4. The second-order valence-electron chi connectivity index (χ2n) is 3.86. The average Bonchev–Trinajstić information content (AvgIpc) is 2.35. The van der Waals surface area contributed by atoms with Crippen molar-refractivity contribution in [1.29, 1.82) is 0 Å². The number of nitrogens with zero attached hydrogens (tertiary/aromatic N) is 1. The number of nitrogens with two attached hydrogens (primary N) is 1. The summed E-state index contributed by atoms with van der Waals surface area (Å²) >= 11 is 0. The quantitative estimate of drug-likeness (QED) is 0.591. The van der Waals surface area contributed by atoms with Crippen LogP contribution >= 0.6 is 0 Å². The minimum atomic E-state index is -1.13. The van der Waals surface area contributed by atoms with E-state index in [9.17, 15) is 4.79 Å². The van der Waals surface area contributed by atoms with Crippen LogP contribution in [0.25, 0.3) is 10.8 Å². The lowest BCUT2D eigenvalue weighted by atomic mass is 10.1. The first-order chi connectivity index (χ1) is 8.61. The molecule has 1 atom stereocenters. The lowest BCUT2D eigenvalue weighted by Gasteiger charge is -2.14. The van der Waals surface area contributed by atoms with E-state index in [-0.39, 0.29) is 0 Å². The maximum absolute atomic E-state index is 10.9. The summed E-state index contributed by atoms with van der Waals surface area (Å²) in [6, 6.07) is 5.95. The summed E-state index contributed by atoms with van der Waals surface area (Å²) in [5.74, 6) is -0.722.